The molecule has 1 saturated heterocycles. The van der Waals surface area contributed by atoms with Gasteiger partial charge in [-0.05, 0) is 31.9 Å². The fourth-order valence-corrected chi connectivity index (χ4v) is 3.37. The zero-order valence-corrected chi connectivity index (χ0v) is 15.3. The maximum absolute atomic E-state index is 12.3. The van der Waals surface area contributed by atoms with Crippen LogP contribution in [0.4, 0.5) is 5.69 Å². The van der Waals surface area contributed by atoms with Crippen molar-refractivity contribution < 1.29 is 14.3 Å². The molecule has 7 heteroatoms. The fourth-order valence-electron chi connectivity index (χ4n) is 3.37. The lowest BCUT2D eigenvalue weighted by molar-refractivity contribution is -0.143. The summed E-state index contributed by atoms with van der Waals surface area (Å²) < 4.78 is 4.82. The van der Waals surface area contributed by atoms with Crippen molar-refractivity contribution in [3.8, 4) is 6.07 Å². The average Bonchev–Trinajstić information content (AvgIpc) is 2.71. The molecule has 1 aromatic carbocycles. The monoisotopic (exact) mass is 366 g/mol. The first kappa shape index (κ1) is 18.6. The number of fused-ring (bicyclic) bond motifs is 1. The van der Waals surface area contributed by atoms with Gasteiger partial charge in [0.25, 0.3) is 0 Å². The van der Waals surface area contributed by atoms with Crippen molar-refractivity contribution in [2.75, 3.05) is 31.1 Å². The van der Waals surface area contributed by atoms with E-state index in [4.69, 9.17) is 4.74 Å². The Balaban J connectivity index is 1.66. The minimum Gasteiger partial charge on any atom is -0.465 e. The predicted octanol–water partition coefficient (Wildman–Crippen LogP) is 2.00. The van der Waals surface area contributed by atoms with Gasteiger partial charge in [0.15, 0.2) is 0 Å². The number of nitrogens with zero attached hydrogens (tertiary/aromatic N) is 3. The molecule has 0 unspecified atom stereocenters. The molecular weight excluding hydrogens is 344 g/mol. The molecule has 140 valence electrons. The Labute approximate surface area is 157 Å². The molecule has 1 N–H and O–H groups in total. The van der Waals surface area contributed by atoms with Gasteiger partial charge in [-0.3, -0.25) is 9.59 Å². The minimum absolute atomic E-state index is 0.0899. The SMILES string of the molecule is CCOC(=O)CNC(=O)C1CCN(c2cc(C#N)nc3ccccc23)CC1. The van der Waals surface area contributed by atoms with Crippen LogP contribution in [-0.2, 0) is 14.3 Å². The topological polar surface area (TPSA) is 95.3 Å². The molecule has 1 aromatic heterocycles. The summed E-state index contributed by atoms with van der Waals surface area (Å²) in [5.41, 5.74) is 2.15. The number of nitrogens with one attached hydrogen (secondary N) is 1. The van der Waals surface area contributed by atoms with E-state index in [0.29, 0.717) is 38.2 Å². The van der Waals surface area contributed by atoms with Gasteiger partial charge < -0.3 is 15.0 Å². The Morgan fingerprint density at radius 3 is 2.78 bits per heavy atom. The van der Waals surface area contributed by atoms with Gasteiger partial charge in [0.05, 0.1) is 12.1 Å². The van der Waals surface area contributed by atoms with Crippen LogP contribution in [0, 0.1) is 17.2 Å². The van der Waals surface area contributed by atoms with E-state index in [-0.39, 0.29) is 18.4 Å². The number of esters is 1. The van der Waals surface area contributed by atoms with E-state index in [1.54, 1.807) is 6.92 Å². The zero-order valence-electron chi connectivity index (χ0n) is 15.3. The molecule has 27 heavy (non-hydrogen) atoms. The van der Waals surface area contributed by atoms with Crippen LogP contribution in [0.1, 0.15) is 25.5 Å². The number of aromatic nitrogens is 1. The van der Waals surface area contributed by atoms with Crippen molar-refractivity contribution in [1.29, 1.82) is 5.26 Å². The molecule has 1 fully saturated rings. The van der Waals surface area contributed by atoms with Gasteiger partial charge in [-0.1, -0.05) is 18.2 Å². The second kappa shape index (κ2) is 8.49. The van der Waals surface area contributed by atoms with Crippen molar-refractivity contribution in [2.45, 2.75) is 19.8 Å². The summed E-state index contributed by atoms with van der Waals surface area (Å²) in [4.78, 5) is 30.2. The van der Waals surface area contributed by atoms with Crippen LogP contribution in [0.3, 0.4) is 0 Å². The molecule has 1 amide bonds. The Hall–Kier alpha value is -3.14. The van der Waals surface area contributed by atoms with Gasteiger partial charge in [0.2, 0.25) is 5.91 Å². The maximum Gasteiger partial charge on any atom is 0.325 e. The molecule has 2 heterocycles. The molecule has 1 aliphatic heterocycles. The smallest absolute Gasteiger partial charge is 0.325 e. The number of ether oxygens (including phenoxy) is 1. The summed E-state index contributed by atoms with van der Waals surface area (Å²) in [6.07, 6.45) is 1.38. The molecule has 0 atom stereocenters. The van der Waals surface area contributed by atoms with Crippen LogP contribution < -0.4 is 10.2 Å². The van der Waals surface area contributed by atoms with E-state index in [9.17, 15) is 14.9 Å². The van der Waals surface area contributed by atoms with E-state index in [2.05, 4.69) is 21.3 Å². The molecule has 0 radical (unpaired) electrons. The highest BCUT2D eigenvalue weighted by atomic mass is 16.5. The second-order valence-electron chi connectivity index (χ2n) is 6.44. The van der Waals surface area contributed by atoms with Gasteiger partial charge in [-0.15, -0.1) is 0 Å². The number of hydrogen-bond donors (Lipinski definition) is 1. The maximum atomic E-state index is 12.3. The number of nitriles is 1. The predicted molar refractivity (Wildman–Crippen MR) is 101 cm³/mol. The van der Waals surface area contributed by atoms with E-state index in [0.717, 1.165) is 16.6 Å². The molecule has 7 nitrogen and oxygen atoms in total. The number of piperidine rings is 1. The minimum atomic E-state index is -0.421. The van der Waals surface area contributed by atoms with Crippen molar-refractivity contribution in [1.82, 2.24) is 10.3 Å². The second-order valence-corrected chi connectivity index (χ2v) is 6.44. The summed E-state index contributed by atoms with van der Waals surface area (Å²) in [6.45, 7) is 3.35. The van der Waals surface area contributed by atoms with Crippen LogP contribution in [-0.4, -0.2) is 43.1 Å². The van der Waals surface area contributed by atoms with Crippen LogP contribution in [0.25, 0.3) is 10.9 Å². The lowest BCUT2D eigenvalue weighted by Gasteiger charge is -2.33. The Kier molecular flexibility index (Phi) is 5.87. The molecule has 0 spiro atoms. The number of para-hydroxylation sites is 1. The van der Waals surface area contributed by atoms with E-state index in [1.165, 1.54) is 0 Å². The van der Waals surface area contributed by atoms with Gasteiger partial charge in [0, 0.05) is 30.1 Å². The summed E-state index contributed by atoms with van der Waals surface area (Å²) in [6, 6.07) is 11.7. The molecule has 1 aliphatic rings. The summed E-state index contributed by atoms with van der Waals surface area (Å²) >= 11 is 0. The van der Waals surface area contributed by atoms with Crippen molar-refractivity contribution >= 4 is 28.5 Å². The van der Waals surface area contributed by atoms with Crippen LogP contribution in [0.15, 0.2) is 30.3 Å². The number of hydrogen-bond acceptors (Lipinski definition) is 6. The third-order valence-electron chi connectivity index (χ3n) is 4.73. The van der Waals surface area contributed by atoms with E-state index in [1.807, 2.05) is 30.3 Å². The number of carbonyl (C=O) groups excluding carboxylic acids is 2. The standard InChI is InChI=1S/C20H22N4O3/c1-2-27-19(25)13-22-20(26)14-7-9-24(10-8-14)18-11-15(12-21)23-17-6-4-3-5-16(17)18/h3-6,11,14H,2,7-10,13H2,1H3,(H,22,26). The Morgan fingerprint density at radius 2 is 2.07 bits per heavy atom. The third kappa shape index (κ3) is 4.34. The molecule has 0 bridgehead atoms. The number of benzene rings is 1. The molecule has 0 aliphatic carbocycles. The van der Waals surface area contributed by atoms with E-state index >= 15 is 0 Å². The van der Waals surface area contributed by atoms with Gasteiger partial charge in [0.1, 0.15) is 18.3 Å². The van der Waals surface area contributed by atoms with E-state index < -0.39 is 5.97 Å². The summed E-state index contributed by atoms with van der Waals surface area (Å²) in [5.74, 6) is -0.658. The summed E-state index contributed by atoms with van der Waals surface area (Å²) in [7, 11) is 0. The van der Waals surface area contributed by atoms with Gasteiger partial charge in [-0.25, -0.2) is 4.98 Å². The third-order valence-corrected chi connectivity index (χ3v) is 4.73. The quantitative estimate of drug-likeness (QED) is 0.813. The fraction of sp³-hybridized carbons (Fsp3) is 0.400. The first-order chi connectivity index (χ1) is 13.1. The van der Waals surface area contributed by atoms with Crippen LogP contribution in [0.5, 0.6) is 0 Å². The first-order valence-corrected chi connectivity index (χ1v) is 9.10. The highest BCUT2D eigenvalue weighted by molar-refractivity contribution is 5.92. The molecule has 2 aromatic rings. The highest BCUT2D eigenvalue weighted by Gasteiger charge is 2.26. The first-order valence-electron chi connectivity index (χ1n) is 9.10. The van der Waals surface area contributed by atoms with Crippen molar-refractivity contribution in [3.05, 3.63) is 36.0 Å². The number of anilines is 1. The summed E-state index contributed by atoms with van der Waals surface area (Å²) in [5, 5.41) is 12.9. The van der Waals surface area contributed by atoms with Crippen molar-refractivity contribution in [2.24, 2.45) is 5.92 Å². The van der Waals surface area contributed by atoms with Gasteiger partial charge in [-0.2, -0.15) is 5.26 Å². The molecular formula is C20H22N4O3. The lowest BCUT2D eigenvalue weighted by atomic mass is 9.95. The normalized spacial score (nSPS) is 14.6. The van der Waals surface area contributed by atoms with Gasteiger partial charge >= 0.3 is 5.97 Å². The number of carbonyl (C=O) groups is 2. The highest BCUT2D eigenvalue weighted by Crippen LogP contribution is 2.30. The number of pyridine rings is 1. The molecule has 3 rings (SSSR count). The number of amides is 1. The average molecular weight is 366 g/mol. The Morgan fingerprint density at radius 1 is 1.33 bits per heavy atom. The number of rotatable bonds is 5. The van der Waals surface area contributed by atoms with Crippen LogP contribution >= 0.6 is 0 Å². The van der Waals surface area contributed by atoms with Crippen LogP contribution in [0.2, 0.25) is 0 Å². The molecule has 0 saturated carbocycles. The lowest BCUT2D eigenvalue weighted by Crippen LogP contribution is -2.42. The van der Waals surface area contributed by atoms with Crippen molar-refractivity contribution in [3.63, 3.8) is 0 Å². The zero-order chi connectivity index (χ0) is 19.2. The Bertz CT molecular complexity index is 882. The largest absolute Gasteiger partial charge is 0.465 e.